The van der Waals surface area contributed by atoms with Crippen LogP contribution < -0.4 is 10.6 Å². The largest absolute Gasteiger partial charge is 0.381 e. The van der Waals surface area contributed by atoms with Crippen LogP contribution in [0.1, 0.15) is 45.2 Å². The first kappa shape index (κ1) is 23.9. The van der Waals surface area contributed by atoms with E-state index in [1.165, 1.54) is 5.56 Å². The number of halogens is 2. The third-order valence-electron chi connectivity index (χ3n) is 4.45. The van der Waals surface area contributed by atoms with Gasteiger partial charge in [0.05, 0.1) is 12.6 Å². The van der Waals surface area contributed by atoms with Crippen molar-refractivity contribution in [2.24, 2.45) is 4.99 Å². The molecule has 1 aliphatic heterocycles. The summed E-state index contributed by atoms with van der Waals surface area (Å²) in [7, 11) is 0. The summed E-state index contributed by atoms with van der Waals surface area (Å²) >= 11 is 8.00. The van der Waals surface area contributed by atoms with Gasteiger partial charge in [-0.2, -0.15) is 11.8 Å². The summed E-state index contributed by atoms with van der Waals surface area (Å²) in [6, 6.07) is 8.12. The molecular weight excluding hydrogens is 481 g/mol. The van der Waals surface area contributed by atoms with E-state index in [9.17, 15) is 0 Å². The van der Waals surface area contributed by atoms with Crippen LogP contribution in [0.3, 0.4) is 0 Å². The van der Waals surface area contributed by atoms with Crippen LogP contribution >= 0.6 is 47.3 Å². The van der Waals surface area contributed by atoms with Crippen molar-refractivity contribution < 1.29 is 4.74 Å². The number of ether oxygens (including phenoxy) is 1. The van der Waals surface area contributed by atoms with Gasteiger partial charge in [-0.05, 0) is 50.1 Å². The number of hydrogen-bond acceptors (Lipinski definition) is 3. The van der Waals surface area contributed by atoms with Gasteiger partial charge < -0.3 is 15.4 Å². The molecule has 0 bridgehead atoms. The standard InChI is InChI=1S/C19H30ClN3OS.HI/c1-4-21-18(23-15(3)16-6-8-17(20)9-7-16)22-14-19(25-5-2)10-12-24-13-11-19;/h6-9,15H,4-5,10-14H2,1-3H3,(H2,21,22,23);1H. The maximum absolute atomic E-state index is 5.98. The fourth-order valence-corrected chi connectivity index (χ4v) is 4.33. The lowest BCUT2D eigenvalue weighted by molar-refractivity contribution is 0.0793. The Labute approximate surface area is 184 Å². The molecule has 2 rings (SSSR count). The molecule has 0 saturated carbocycles. The number of nitrogens with zero attached hydrogens (tertiary/aromatic N) is 1. The predicted octanol–water partition coefficient (Wildman–Crippen LogP) is 4.88. The highest BCUT2D eigenvalue weighted by atomic mass is 127. The van der Waals surface area contributed by atoms with Crippen molar-refractivity contribution in [3.8, 4) is 0 Å². The minimum atomic E-state index is 0. The average molecular weight is 512 g/mol. The Morgan fingerprint density at radius 2 is 1.92 bits per heavy atom. The predicted molar refractivity (Wildman–Crippen MR) is 125 cm³/mol. The molecule has 0 aromatic heterocycles. The van der Waals surface area contributed by atoms with Crippen LogP contribution in [0, 0.1) is 0 Å². The lowest BCUT2D eigenvalue weighted by atomic mass is 9.99. The molecule has 148 valence electrons. The van der Waals surface area contributed by atoms with E-state index in [4.69, 9.17) is 21.3 Å². The summed E-state index contributed by atoms with van der Waals surface area (Å²) in [4.78, 5) is 4.90. The van der Waals surface area contributed by atoms with E-state index >= 15 is 0 Å². The Kier molecular flexibility index (Phi) is 11.3. The zero-order valence-electron chi connectivity index (χ0n) is 15.9. The zero-order chi connectivity index (χ0) is 18.1. The zero-order valence-corrected chi connectivity index (χ0v) is 19.8. The highest BCUT2D eigenvalue weighted by molar-refractivity contribution is 14.0. The lowest BCUT2D eigenvalue weighted by Gasteiger charge is -2.35. The molecule has 26 heavy (non-hydrogen) atoms. The van der Waals surface area contributed by atoms with Crippen LogP contribution in [0.5, 0.6) is 0 Å². The number of hydrogen-bond donors (Lipinski definition) is 2. The molecule has 1 heterocycles. The number of thioether (sulfide) groups is 1. The van der Waals surface area contributed by atoms with Gasteiger partial charge in [0, 0.05) is 29.5 Å². The first-order chi connectivity index (χ1) is 12.1. The van der Waals surface area contributed by atoms with Gasteiger partial charge in [-0.15, -0.1) is 24.0 Å². The second-order valence-electron chi connectivity index (χ2n) is 6.34. The van der Waals surface area contributed by atoms with E-state index in [-0.39, 0.29) is 34.8 Å². The molecule has 7 heteroatoms. The minimum absolute atomic E-state index is 0. The quantitative estimate of drug-likeness (QED) is 0.311. The molecule has 1 atom stereocenters. The van der Waals surface area contributed by atoms with Crippen LogP contribution in [0.2, 0.25) is 5.02 Å². The summed E-state index contributed by atoms with van der Waals surface area (Å²) in [5.41, 5.74) is 1.19. The van der Waals surface area contributed by atoms with Gasteiger partial charge in [0.2, 0.25) is 0 Å². The fourth-order valence-electron chi connectivity index (χ4n) is 2.98. The Morgan fingerprint density at radius 1 is 1.27 bits per heavy atom. The summed E-state index contributed by atoms with van der Waals surface area (Å²) in [5.74, 6) is 1.98. The number of rotatable bonds is 7. The van der Waals surface area contributed by atoms with Crippen molar-refractivity contribution in [2.75, 3.05) is 32.1 Å². The third-order valence-corrected chi connectivity index (χ3v) is 6.14. The van der Waals surface area contributed by atoms with Gasteiger partial charge in [-0.1, -0.05) is 30.7 Å². The summed E-state index contributed by atoms with van der Waals surface area (Å²) in [5, 5.41) is 7.63. The lowest BCUT2D eigenvalue weighted by Crippen LogP contribution is -2.42. The van der Waals surface area contributed by atoms with Crippen LogP contribution in [-0.2, 0) is 4.74 Å². The Hall–Kier alpha value is -0.180. The number of benzene rings is 1. The monoisotopic (exact) mass is 511 g/mol. The highest BCUT2D eigenvalue weighted by Crippen LogP contribution is 2.35. The number of aliphatic imine (C=N–C) groups is 1. The Bertz CT molecular complexity index is 545. The molecule has 1 fully saturated rings. The maximum atomic E-state index is 5.98. The second kappa shape index (κ2) is 12.3. The fraction of sp³-hybridized carbons (Fsp3) is 0.632. The van der Waals surface area contributed by atoms with Crippen LogP contribution in [0.4, 0.5) is 0 Å². The molecule has 0 aliphatic carbocycles. The molecule has 0 spiro atoms. The number of nitrogens with one attached hydrogen (secondary N) is 2. The van der Waals surface area contributed by atoms with Crippen LogP contribution in [0.25, 0.3) is 0 Å². The number of guanidine groups is 1. The van der Waals surface area contributed by atoms with E-state index in [0.717, 1.165) is 55.9 Å². The van der Waals surface area contributed by atoms with Gasteiger partial charge in [-0.25, -0.2) is 0 Å². The van der Waals surface area contributed by atoms with Crippen molar-refractivity contribution in [3.63, 3.8) is 0 Å². The summed E-state index contributed by atoms with van der Waals surface area (Å²) in [6.45, 7) is 9.79. The van der Waals surface area contributed by atoms with E-state index in [1.54, 1.807) is 0 Å². The van der Waals surface area contributed by atoms with Gasteiger partial charge in [-0.3, -0.25) is 4.99 Å². The molecule has 1 aliphatic rings. The van der Waals surface area contributed by atoms with Gasteiger partial charge in [0.15, 0.2) is 5.96 Å². The SMILES string of the molecule is CCNC(=NCC1(SCC)CCOCC1)NC(C)c1ccc(Cl)cc1.I. The summed E-state index contributed by atoms with van der Waals surface area (Å²) in [6.07, 6.45) is 2.14. The third kappa shape index (κ3) is 7.44. The van der Waals surface area contributed by atoms with Crippen molar-refractivity contribution in [3.05, 3.63) is 34.9 Å². The minimum Gasteiger partial charge on any atom is -0.381 e. The van der Waals surface area contributed by atoms with E-state index in [2.05, 4.69) is 43.5 Å². The smallest absolute Gasteiger partial charge is 0.191 e. The molecule has 1 aromatic carbocycles. The van der Waals surface area contributed by atoms with E-state index in [1.807, 2.05) is 23.9 Å². The Morgan fingerprint density at radius 3 is 2.50 bits per heavy atom. The molecule has 2 N–H and O–H groups in total. The molecule has 0 radical (unpaired) electrons. The molecule has 0 amide bonds. The topological polar surface area (TPSA) is 45.7 Å². The van der Waals surface area contributed by atoms with Crippen molar-refractivity contribution in [2.45, 2.75) is 44.4 Å². The maximum Gasteiger partial charge on any atom is 0.191 e. The highest BCUT2D eigenvalue weighted by Gasteiger charge is 2.32. The average Bonchev–Trinajstić information content (AvgIpc) is 2.61. The van der Waals surface area contributed by atoms with Crippen LogP contribution in [-0.4, -0.2) is 42.8 Å². The molecule has 1 unspecified atom stereocenters. The van der Waals surface area contributed by atoms with Crippen molar-refractivity contribution >= 4 is 53.3 Å². The normalized spacial score (nSPS) is 17.9. The van der Waals surface area contributed by atoms with Crippen molar-refractivity contribution in [1.29, 1.82) is 0 Å². The van der Waals surface area contributed by atoms with E-state index in [0.29, 0.717) is 0 Å². The van der Waals surface area contributed by atoms with Crippen molar-refractivity contribution in [1.82, 2.24) is 10.6 Å². The molecule has 1 aromatic rings. The first-order valence-corrected chi connectivity index (χ1v) is 10.5. The van der Waals surface area contributed by atoms with Gasteiger partial charge >= 0.3 is 0 Å². The summed E-state index contributed by atoms with van der Waals surface area (Å²) < 4.78 is 5.76. The first-order valence-electron chi connectivity index (χ1n) is 9.10. The molecular formula is C19H31ClIN3OS. The van der Waals surface area contributed by atoms with Gasteiger partial charge in [0.25, 0.3) is 0 Å². The molecule has 1 saturated heterocycles. The molecule has 4 nitrogen and oxygen atoms in total. The Balaban J connectivity index is 0.00000338. The van der Waals surface area contributed by atoms with Gasteiger partial charge in [0.1, 0.15) is 0 Å². The van der Waals surface area contributed by atoms with Crippen LogP contribution in [0.15, 0.2) is 29.3 Å². The second-order valence-corrected chi connectivity index (χ2v) is 8.51. The van der Waals surface area contributed by atoms with E-state index < -0.39 is 0 Å².